The molecule has 0 heterocycles. The van der Waals surface area contributed by atoms with Gasteiger partial charge in [0.1, 0.15) is 5.75 Å². The quantitative estimate of drug-likeness (QED) is 0.896. The second kappa shape index (κ2) is 6.41. The highest BCUT2D eigenvalue weighted by Gasteiger charge is 2.31. The molecule has 0 spiro atoms. The van der Waals surface area contributed by atoms with Crippen molar-refractivity contribution in [3.8, 4) is 5.75 Å². The molecule has 5 heteroatoms. The van der Waals surface area contributed by atoms with Gasteiger partial charge in [0.05, 0.1) is 7.11 Å². The Balaban J connectivity index is 2.03. The summed E-state index contributed by atoms with van der Waals surface area (Å²) in [6, 6.07) is 6.95. The SMILES string of the molecule is COc1ccc(NC(=O)[C@H]2CCCC[C@H]2C(=O)[O-])cc1. The van der Waals surface area contributed by atoms with E-state index in [0.717, 1.165) is 12.8 Å². The van der Waals surface area contributed by atoms with Crippen molar-refractivity contribution in [3.05, 3.63) is 24.3 Å². The van der Waals surface area contributed by atoms with Crippen LogP contribution in [-0.2, 0) is 9.59 Å². The summed E-state index contributed by atoms with van der Waals surface area (Å²) in [7, 11) is 1.57. The van der Waals surface area contributed by atoms with Gasteiger partial charge in [0.15, 0.2) is 0 Å². The lowest BCUT2D eigenvalue weighted by molar-refractivity contribution is -0.313. The Kier molecular flexibility index (Phi) is 4.61. The van der Waals surface area contributed by atoms with E-state index in [1.807, 2.05) is 0 Å². The Morgan fingerprint density at radius 1 is 1.15 bits per heavy atom. The molecule has 0 aromatic heterocycles. The van der Waals surface area contributed by atoms with Crippen molar-refractivity contribution in [2.45, 2.75) is 25.7 Å². The number of methoxy groups -OCH3 is 1. The van der Waals surface area contributed by atoms with E-state index in [9.17, 15) is 14.7 Å². The number of hydrogen-bond acceptors (Lipinski definition) is 4. The van der Waals surface area contributed by atoms with Gasteiger partial charge in [0.25, 0.3) is 0 Å². The summed E-state index contributed by atoms with van der Waals surface area (Å²) in [6.45, 7) is 0. The smallest absolute Gasteiger partial charge is 0.228 e. The van der Waals surface area contributed by atoms with Crippen LogP contribution in [-0.4, -0.2) is 19.0 Å². The molecule has 0 unspecified atom stereocenters. The fourth-order valence-corrected chi connectivity index (χ4v) is 2.64. The number of carboxylic acids is 1. The highest BCUT2D eigenvalue weighted by molar-refractivity contribution is 5.95. The van der Waals surface area contributed by atoms with Gasteiger partial charge in [-0.05, 0) is 37.1 Å². The number of ether oxygens (including phenoxy) is 1. The summed E-state index contributed by atoms with van der Waals surface area (Å²) in [5.74, 6) is -1.85. The first-order chi connectivity index (χ1) is 9.61. The van der Waals surface area contributed by atoms with Crippen molar-refractivity contribution in [3.63, 3.8) is 0 Å². The summed E-state index contributed by atoms with van der Waals surface area (Å²) in [6.07, 6.45) is 2.83. The predicted molar refractivity (Wildman–Crippen MR) is 72.1 cm³/mol. The molecular formula is C15H18NO4-. The first-order valence-corrected chi connectivity index (χ1v) is 6.77. The molecule has 0 radical (unpaired) electrons. The number of benzene rings is 1. The molecule has 1 aliphatic rings. The topological polar surface area (TPSA) is 78.5 Å². The molecule has 1 aromatic rings. The summed E-state index contributed by atoms with van der Waals surface area (Å²) in [5, 5.41) is 13.9. The second-order valence-electron chi connectivity index (χ2n) is 5.03. The third kappa shape index (κ3) is 3.29. The number of rotatable bonds is 4. The van der Waals surface area contributed by atoms with Crippen LogP contribution in [0.15, 0.2) is 24.3 Å². The minimum atomic E-state index is -1.13. The highest BCUT2D eigenvalue weighted by atomic mass is 16.5. The number of anilines is 1. The van der Waals surface area contributed by atoms with E-state index < -0.39 is 17.8 Å². The van der Waals surface area contributed by atoms with Crippen molar-refractivity contribution >= 4 is 17.6 Å². The van der Waals surface area contributed by atoms with Crippen molar-refractivity contribution < 1.29 is 19.4 Å². The fraction of sp³-hybridized carbons (Fsp3) is 0.467. The standard InChI is InChI=1S/C15H19NO4/c1-20-11-8-6-10(7-9-11)16-14(17)12-4-2-3-5-13(12)15(18)19/h6-9,12-13H,2-5H2,1H3,(H,16,17)(H,18,19)/p-1/t12-,13+/m0/s1. The zero-order valence-corrected chi connectivity index (χ0v) is 11.4. The summed E-state index contributed by atoms with van der Waals surface area (Å²) >= 11 is 0. The summed E-state index contributed by atoms with van der Waals surface area (Å²) < 4.78 is 5.04. The maximum absolute atomic E-state index is 12.2. The van der Waals surface area contributed by atoms with Crippen LogP contribution in [0.25, 0.3) is 0 Å². The zero-order chi connectivity index (χ0) is 14.5. The minimum absolute atomic E-state index is 0.246. The molecule has 2 rings (SSSR count). The first-order valence-electron chi connectivity index (χ1n) is 6.77. The molecule has 1 aromatic carbocycles. The molecule has 0 bridgehead atoms. The average molecular weight is 276 g/mol. The second-order valence-corrected chi connectivity index (χ2v) is 5.03. The summed E-state index contributed by atoms with van der Waals surface area (Å²) in [4.78, 5) is 23.3. The van der Waals surface area contributed by atoms with Crippen LogP contribution in [0, 0.1) is 11.8 Å². The van der Waals surface area contributed by atoms with E-state index >= 15 is 0 Å². The van der Waals surface area contributed by atoms with E-state index in [1.54, 1.807) is 31.4 Å². The van der Waals surface area contributed by atoms with Gasteiger partial charge in [-0.25, -0.2) is 0 Å². The molecule has 2 atom stereocenters. The van der Waals surface area contributed by atoms with Gasteiger partial charge in [-0.15, -0.1) is 0 Å². The number of hydrogen-bond donors (Lipinski definition) is 1. The summed E-state index contributed by atoms with van der Waals surface area (Å²) in [5.41, 5.74) is 0.637. The lowest BCUT2D eigenvalue weighted by atomic mass is 9.78. The van der Waals surface area contributed by atoms with E-state index in [4.69, 9.17) is 4.74 Å². The van der Waals surface area contributed by atoms with Crippen LogP contribution in [0.3, 0.4) is 0 Å². The van der Waals surface area contributed by atoms with Gasteiger partial charge < -0.3 is 20.0 Å². The van der Waals surface area contributed by atoms with Gasteiger partial charge in [0, 0.05) is 23.5 Å². The maximum atomic E-state index is 12.2. The molecule has 1 saturated carbocycles. The minimum Gasteiger partial charge on any atom is -0.550 e. The third-order valence-electron chi connectivity index (χ3n) is 3.76. The van der Waals surface area contributed by atoms with Crippen molar-refractivity contribution in [2.24, 2.45) is 11.8 Å². The Labute approximate surface area is 117 Å². The number of carbonyl (C=O) groups excluding carboxylic acids is 2. The number of amides is 1. The molecule has 1 amide bonds. The molecule has 1 aliphatic carbocycles. The Morgan fingerprint density at radius 3 is 2.30 bits per heavy atom. The van der Waals surface area contributed by atoms with Crippen LogP contribution in [0.1, 0.15) is 25.7 Å². The van der Waals surface area contributed by atoms with E-state index in [1.165, 1.54) is 0 Å². The molecular weight excluding hydrogens is 258 g/mol. The maximum Gasteiger partial charge on any atom is 0.228 e. The molecule has 20 heavy (non-hydrogen) atoms. The van der Waals surface area contributed by atoms with Crippen LogP contribution in [0.5, 0.6) is 5.75 Å². The first kappa shape index (κ1) is 14.4. The fourth-order valence-electron chi connectivity index (χ4n) is 2.64. The Bertz CT molecular complexity index is 483. The molecule has 0 aliphatic heterocycles. The monoisotopic (exact) mass is 276 g/mol. The normalized spacial score (nSPS) is 22.1. The highest BCUT2D eigenvalue weighted by Crippen LogP contribution is 2.30. The van der Waals surface area contributed by atoms with Gasteiger partial charge in [-0.1, -0.05) is 12.8 Å². The van der Waals surface area contributed by atoms with Crippen molar-refractivity contribution in [1.29, 1.82) is 0 Å². The van der Waals surface area contributed by atoms with E-state index in [2.05, 4.69) is 5.32 Å². The zero-order valence-electron chi connectivity index (χ0n) is 11.4. The van der Waals surface area contributed by atoms with E-state index in [-0.39, 0.29) is 5.91 Å². The average Bonchev–Trinajstić information content (AvgIpc) is 2.48. The van der Waals surface area contributed by atoms with Crippen LogP contribution in [0.4, 0.5) is 5.69 Å². The predicted octanol–water partition coefficient (Wildman–Crippen LogP) is 1.19. The lowest BCUT2D eigenvalue weighted by Gasteiger charge is -2.31. The molecule has 1 N–H and O–H groups in total. The van der Waals surface area contributed by atoms with Crippen LogP contribution in [0.2, 0.25) is 0 Å². The third-order valence-corrected chi connectivity index (χ3v) is 3.76. The lowest BCUT2D eigenvalue weighted by Crippen LogP contribution is -2.42. The van der Waals surface area contributed by atoms with Gasteiger partial charge >= 0.3 is 0 Å². The Morgan fingerprint density at radius 2 is 1.75 bits per heavy atom. The van der Waals surface area contributed by atoms with E-state index in [0.29, 0.717) is 24.3 Å². The Hall–Kier alpha value is -2.04. The van der Waals surface area contributed by atoms with Crippen LogP contribution < -0.4 is 15.2 Å². The molecule has 5 nitrogen and oxygen atoms in total. The number of aliphatic carboxylic acids is 1. The number of nitrogens with one attached hydrogen (secondary N) is 1. The number of carbonyl (C=O) groups is 2. The number of carboxylic acid groups (broad SMARTS) is 1. The molecule has 0 saturated heterocycles. The van der Waals surface area contributed by atoms with Gasteiger partial charge in [-0.3, -0.25) is 4.79 Å². The van der Waals surface area contributed by atoms with Gasteiger partial charge in [0.2, 0.25) is 5.91 Å². The largest absolute Gasteiger partial charge is 0.550 e. The molecule has 108 valence electrons. The van der Waals surface area contributed by atoms with Gasteiger partial charge in [-0.2, -0.15) is 0 Å². The van der Waals surface area contributed by atoms with Crippen LogP contribution >= 0.6 is 0 Å². The van der Waals surface area contributed by atoms with Crippen molar-refractivity contribution in [1.82, 2.24) is 0 Å². The molecule has 1 fully saturated rings. The van der Waals surface area contributed by atoms with Crippen molar-refractivity contribution in [2.75, 3.05) is 12.4 Å².